The molecule has 1 aromatic heterocycles. The van der Waals surface area contributed by atoms with E-state index in [0.717, 1.165) is 5.69 Å². The number of amides is 1. The van der Waals surface area contributed by atoms with Crippen LogP contribution in [0.1, 0.15) is 46.4 Å². The number of aromatic nitrogens is 2. The van der Waals surface area contributed by atoms with Gasteiger partial charge in [-0.3, -0.25) is 0 Å². The van der Waals surface area contributed by atoms with Crippen LogP contribution < -0.4 is 5.32 Å². The number of carbonyl (C=O) groups excluding carboxylic acids is 1. The van der Waals surface area contributed by atoms with Crippen molar-refractivity contribution in [2.45, 2.75) is 52.8 Å². The van der Waals surface area contributed by atoms with Gasteiger partial charge >= 0.3 is 6.09 Å². The summed E-state index contributed by atoms with van der Waals surface area (Å²) in [6.45, 7) is 11.4. The molecule has 20 heavy (non-hydrogen) atoms. The van der Waals surface area contributed by atoms with Crippen LogP contribution in [0.15, 0.2) is 12.5 Å². The highest BCUT2D eigenvalue weighted by Gasteiger charge is 2.19. The van der Waals surface area contributed by atoms with Gasteiger partial charge in [0.2, 0.25) is 0 Å². The zero-order valence-corrected chi connectivity index (χ0v) is 13.0. The highest BCUT2D eigenvalue weighted by molar-refractivity contribution is 5.68. The third-order valence-corrected chi connectivity index (χ3v) is 2.60. The van der Waals surface area contributed by atoms with Gasteiger partial charge in [0.05, 0.1) is 30.9 Å². The molecule has 0 fully saturated rings. The Balaban J connectivity index is 2.57. The van der Waals surface area contributed by atoms with E-state index in [1.807, 2.05) is 39.2 Å². The minimum absolute atomic E-state index is 0.172. The average Bonchev–Trinajstić information content (AvgIpc) is 2.75. The summed E-state index contributed by atoms with van der Waals surface area (Å²) in [6, 6.07) is -0.172. The molecule has 1 amide bonds. The number of ether oxygens (including phenoxy) is 2. The quantitative estimate of drug-likeness (QED) is 0.815. The number of alkyl carbamates (subject to hydrolysis) is 1. The minimum Gasteiger partial charge on any atom is -0.444 e. The van der Waals surface area contributed by atoms with E-state index < -0.39 is 11.7 Å². The summed E-state index contributed by atoms with van der Waals surface area (Å²) in [6.07, 6.45) is 3.05. The number of carbonyl (C=O) groups is 1. The zero-order valence-electron chi connectivity index (χ0n) is 13.0. The highest BCUT2D eigenvalue weighted by atomic mass is 16.6. The first kappa shape index (κ1) is 16.5. The fraction of sp³-hybridized carbons (Fsp3) is 0.714. The van der Waals surface area contributed by atoms with Crippen LogP contribution in [-0.4, -0.2) is 34.5 Å². The smallest absolute Gasteiger partial charge is 0.408 e. The number of nitrogens with one attached hydrogen (secondary N) is 1. The van der Waals surface area contributed by atoms with E-state index in [1.165, 1.54) is 0 Å². The van der Waals surface area contributed by atoms with Crippen molar-refractivity contribution < 1.29 is 14.3 Å². The predicted octanol–water partition coefficient (Wildman–Crippen LogP) is 2.51. The van der Waals surface area contributed by atoms with Crippen molar-refractivity contribution in [3.8, 4) is 0 Å². The number of rotatable bonds is 6. The lowest BCUT2D eigenvalue weighted by atomic mass is 10.2. The maximum Gasteiger partial charge on any atom is 0.408 e. The third kappa shape index (κ3) is 5.61. The van der Waals surface area contributed by atoms with Gasteiger partial charge < -0.3 is 19.4 Å². The Morgan fingerprint density at radius 3 is 2.80 bits per heavy atom. The van der Waals surface area contributed by atoms with E-state index in [2.05, 4.69) is 10.3 Å². The van der Waals surface area contributed by atoms with E-state index in [9.17, 15) is 4.79 Å². The van der Waals surface area contributed by atoms with Gasteiger partial charge in [-0.25, -0.2) is 9.78 Å². The Morgan fingerprint density at radius 1 is 1.50 bits per heavy atom. The molecule has 1 rings (SSSR count). The fourth-order valence-corrected chi connectivity index (χ4v) is 1.74. The monoisotopic (exact) mass is 283 g/mol. The van der Waals surface area contributed by atoms with E-state index in [1.54, 1.807) is 12.5 Å². The largest absolute Gasteiger partial charge is 0.444 e. The summed E-state index contributed by atoms with van der Waals surface area (Å²) in [7, 11) is 0. The first-order valence-corrected chi connectivity index (χ1v) is 6.90. The number of nitrogens with zero attached hydrogens (tertiary/aromatic N) is 2. The molecule has 1 heterocycles. The van der Waals surface area contributed by atoms with Crippen molar-refractivity contribution in [1.29, 1.82) is 0 Å². The molecular formula is C14H25N3O3. The molecule has 1 atom stereocenters. The molecule has 0 aromatic carbocycles. The van der Waals surface area contributed by atoms with Crippen LogP contribution in [0, 0.1) is 0 Å². The van der Waals surface area contributed by atoms with Crippen molar-refractivity contribution in [3.05, 3.63) is 18.2 Å². The molecule has 0 aliphatic carbocycles. The number of hydrogen-bond donors (Lipinski definition) is 1. The van der Waals surface area contributed by atoms with Crippen LogP contribution >= 0.6 is 0 Å². The zero-order chi connectivity index (χ0) is 15.2. The highest BCUT2D eigenvalue weighted by Crippen LogP contribution is 2.13. The van der Waals surface area contributed by atoms with Gasteiger partial charge in [-0.15, -0.1) is 0 Å². The number of hydrogen-bond acceptors (Lipinski definition) is 4. The molecular weight excluding hydrogens is 258 g/mol. The van der Waals surface area contributed by atoms with Crippen LogP contribution in [0.5, 0.6) is 0 Å². The Kier molecular flexibility index (Phi) is 6.01. The fourth-order valence-electron chi connectivity index (χ4n) is 1.74. The lowest BCUT2D eigenvalue weighted by Crippen LogP contribution is -2.34. The van der Waals surface area contributed by atoms with Gasteiger partial charge in [-0.2, -0.15) is 0 Å². The summed E-state index contributed by atoms with van der Waals surface area (Å²) in [5.74, 6) is 0. The SMILES string of the molecule is CCOCCn1cncc1[C@H](C)NC(=O)OC(C)(C)C. The minimum atomic E-state index is -0.501. The van der Waals surface area contributed by atoms with Crippen LogP contribution in [0.4, 0.5) is 4.79 Å². The van der Waals surface area contributed by atoms with Crippen molar-refractivity contribution in [1.82, 2.24) is 14.9 Å². The standard InChI is InChI=1S/C14H25N3O3/c1-6-19-8-7-17-10-15-9-12(17)11(2)16-13(18)20-14(3,4)5/h9-11H,6-8H2,1-5H3,(H,16,18)/t11-/m0/s1. The van der Waals surface area contributed by atoms with Crippen LogP contribution in [0.2, 0.25) is 0 Å². The van der Waals surface area contributed by atoms with Crippen LogP contribution in [0.3, 0.4) is 0 Å². The van der Waals surface area contributed by atoms with E-state index >= 15 is 0 Å². The molecule has 0 bridgehead atoms. The lowest BCUT2D eigenvalue weighted by molar-refractivity contribution is 0.0506. The summed E-state index contributed by atoms with van der Waals surface area (Å²) in [5.41, 5.74) is 0.425. The Morgan fingerprint density at radius 2 is 2.20 bits per heavy atom. The molecule has 0 saturated carbocycles. The topological polar surface area (TPSA) is 65.4 Å². The second-order valence-electron chi connectivity index (χ2n) is 5.58. The molecule has 0 spiro atoms. The van der Waals surface area contributed by atoms with E-state index in [-0.39, 0.29) is 6.04 Å². The average molecular weight is 283 g/mol. The molecule has 0 saturated heterocycles. The van der Waals surface area contributed by atoms with E-state index in [4.69, 9.17) is 9.47 Å². The van der Waals surface area contributed by atoms with Gasteiger partial charge in [0, 0.05) is 13.2 Å². The second-order valence-corrected chi connectivity index (χ2v) is 5.58. The normalized spacial score (nSPS) is 13.1. The molecule has 0 unspecified atom stereocenters. The summed E-state index contributed by atoms with van der Waals surface area (Å²) in [5, 5.41) is 2.81. The van der Waals surface area contributed by atoms with Crippen molar-refractivity contribution in [2.24, 2.45) is 0 Å². The summed E-state index contributed by atoms with van der Waals surface area (Å²) >= 11 is 0. The van der Waals surface area contributed by atoms with Crippen LogP contribution in [0.25, 0.3) is 0 Å². The van der Waals surface area contributed by atoms with Crippen molar-refractivity contribution in [2.75, 3.05) is 13.2 Å². The Bertz CT molecular complexity index is 424. The second kappa shape index (κ2) is 7.28. The van der Waals surface area contributed by atoms with Crippen molar-refractivity contribution in [3.63, 3.8) is 0 Å². The molecule has 0 aliphatic rings. The summed E-state index contributed by atoms with van der Waals surface area (Å²) in [4.78, 5) is 15.9. The summed E-state index contributed by atoms with van der Waals surface area (Å²) < 4.78 is 12.5. The first-order valence-electron chi connectivity index (χ1n) is 6.90. The molecule has 1 aromatic rings. The van der Waals surface area contributed by atoms with Gasteiger partial charge in [0.25, 0.3) is 0 Å². The number of imidazole rings is 1. The Hall–Kier alpha value is -1.56. The van der Waals surface area contributed by atoms with Gasteiger partial charge in [-0.05, 0) is 34.6 Å². The van der Waals surface area contributed by atoms with E-state index in [0.29, 0.717) is 19.8 Å². The van der Waals surface area contributed by atoms with Crippen molar-refractivity contribution >= 4 is 6.09 Å². The molecule has 6 heteroatoms. The maximum absolute atomic E-state index is 11.7. The molecule has 6 nitrogen and oxygen atoms in total. The molecule has 0 radical (unpaired) electrons. The Labute approximate surface area is 120 Å². The predicted molar refractivity (Wildman–Crippen MR) is 76.5 cm³/mol. The molecule has 1 N–H and O–H groups in total. The van der Waals surface area contributed by atoms with Gasteiger partial charge in [0.1, 0.15) is 5.60 Å². The maximum atomic E-state index is 11.7. The van der Waals surface area contributed by atoms with Gasteiger partial charge in [0.15, 0.2) is 0 Å². The first-order chi connectivity index (χ1) is 9.33. The van der Waals surface area contributed by atoms with Crippen LogP contribution in [-0.2, 0) is 16.0 Å². The lowest BCUT2D eigenvalue weighted by Gasteiger charge is -2.22. The molecule has 0 aliphatic heterocycles. The third-order valence-electron chi connectivity index (χ3n) is 2.60. The molecule has 114 valence electrons. The van der Waals surface area contributed by atoms with Gasteiger partial charge in [-0.1, -0.05) is 0 Å².